The molecule has 0 aliphatic carbocycles. The van der Waals surface area contributed by atoms with Crippen LogP contribution in [0.1, 0.15) is 20.9 Å². The lowest BCUT2D eigenvalue weighted by molar-refractivity contribution is -0.136. The van der Waals surface area contributed by atoms with E-state index in [-0.39, 0.29) is 28.6 Å². The summed E-state index contributed by atoms with van der Waals surface area (Å²) in [6, 6.07) is 4.54. The molecule has 0 aliphatic rings. The molecular weight excluding hydrogens is 417 g/mol. The van der Waals surface area contributed by atoms with Crippen molar-refractivity contribution >= 4 is 34.5 Å². The molecular formula is C16H10ClF3N6OS. The van der Waals surface area contributed by atoms with E-state index in [2.05, 4.69) is 25.7 Å². The van der Waals surface area contributed by atoms with Gasteiger partial charge in [0.05, 0.1) is 18.3 Å². The van der Waals surface area contributed by atoms with E-state index in [1.165, 1.54) is 23.7 Å². The minimum Gasteiger partial charge on any atom is -0.346 e. The second-order valence-electron chi connectivity index (χ2n) is 5.70. The number of hydrogen-bond donors (Lipinski definition) is 2. The maximum atomic E-state index is 13.6. The van der Waals surface area contributed by atoms with Crippen LogP contribution in [0.4, 0.5) is 13.2 Å². The molecule has 12 heteroatoms. The van der Waals surface area contributed by atoms with Crippen LogP contribution in [0.2, 0.25) is 5.15 Å². The molecule has 4 aromatic rings. The summed E-state index contributed by atoms with van der Waals surface area (Å²) in [6.07, 6.45) is -2.10. The molecule has 28 heavy (non-hydrogen) atoms. The normalized spacial score (nSPS) is 11.9. The fourth-order valence-electron chi connectivity index (χ4n) is 2.62. The van der Waals surface area contributed by atoms with Crippen LogP contribution < -0.4 is 5.32 Å². The van der Waals surface area contributed by atoms with Gasteiger partial charge in [-0.15, -0.1) is 11.3 Å². The Morgan fingerprint density at radius 2 is 2.21 bits per heavy atom. The van der Waals surface area contributed by atoms with Crippen LogP contribution in [-0.2, 0) is 12.7 Å². The third kappa shape index (κ3) is 3.34. The van der Waals surface area contributed by atoms with Crippen LogP contribution in [0, 0.1) is 0 Å². The number of fused-ring (bicyclic) bond motifs is 1. The van der Waals surface area contributed by atoms with Crippen LogP contribution in [-0.4, -0.2) is 30.7 Å². The van der Waals surface area contributed by atoms with Crippen LogP contribution in [0.5, 0.6) is 0 Å². The van der Waals surface area contributed by atoms with Crippen LogP contribution in [0.3, 0.4) is 0 Å². The second-order valence-corrected chi connectivity index (χ2v) is 7.09. The SMILES string of the molecule is O=C(NCc1cccs1)c1nc2c(C(F)(F)F)cc(-c3cn[nH]n3)cn2c1Cl. The molecule has 7 nitrogen and oxygen atoms in total. The van der Waals surface area contributed by atoms with Crippen molar-refractivity contribution in [3.63, 3.8) is 0 Å². The first-order valence-electron chi connectivity index (χ1n) is 7.80. The lowest BCUT2D eigenvalue weighted by Crippen LogP contribution is -2.23. The van der Waals surface area contributed by atoms with Gasteiger partial charge in [0.15, 0.2) is 11.3 Å². The topological polar surface area (TPSA) is 88.0 Å². The van der Waals surface area contributed by atoms with Gasteiger partial charge in [0.1, 0.15) is 10.8 Å². The first-order chi connectivity index (χ1) is 13.3. The number of aromatic nitrogens is 5. The number of rotatable bonds is 4. The summed E-state index contributed by atoms with van der Waals surface area (Å²) in [5, 5.41) is 14.0. The molecule has 0 aliphatic heterocycles. The van der Waals surface area contributed by atoms with E-state index in [9.17, 15) is 18.0 Å². The van der Waals surface area contributed by atoms with Crippen molar-refractivity contribution in [3.8, 4) is 11.3 Å². The maximum absolute atomic E-state index is 13.6. The fraction of sp³-hybridized carbons (Fsp3) is 0.125. The number of amides is 1. The number of hydrogen-bond acceptors (Lipinski definition) is 5. The Hall–Kier alpha value is -2.92. The van der Waals surface area contributed by atoms with E-state index in [4.69, 9.17) is 11.6 Å². The Labute approximate surface area is 164 Å². The number of H-pyrrole nitrogens is 1. The summed E-state index contributed by atoms with van der Waals surface area (Å²) >= 11 is 7.64. The Kier molecular flexibility index (Phi) is 4.55. The molecule has 0 bridgehead atoms. The van der Waals surface area contributed by atoms with Gasteiger partial charge in [0.2, 0.25) is 0 Å². The second kappa shape index (κ2) is 6.91. The summed E-state index contributed by atoms with van der Waals surface area (Å²) in [6.45, 7) is 0.219. The Balaban J connectivity index is 1.79. The van der Waals surface area contributed by atoms with E-state index in [1.807, 2.05) is 17.5 Å². The average Bonchev–Trinajstić information content (AvgIpc) is 3.40. The predicted octanol–water partition coefficient (Wildman–Crippen LogP) is 3.78. The molecule has 0 saturated heterocycles. The molecule has 0 radical (unpaired) electrons. The van der Waals surface area contributed by atoms with Crippen molar-refractivity contribution in [2.24, 2.45) is 0 Å². The van der Waals surface area contributed by atoms with Crippen LogP contribution in [0.15, 0.2) is 36.0 Å². The standard InChI is InChI=1S/C16H10ClF3N6OS/c17-13-12(15(27)21-5-9-2-1-3-28-9)23-14-10(16(18,19)20)4-8(7-26(13)14)11-6-22-25-24-11/h1-4,6-7H,5H2,(H,21,27)(H,22,24,25). The summed E-state index contributed by atoms with van der Waals surface area (Å²) in [5.41, 5.74) is -1.47. The molecule has 0 spiro atoms. The van der Waals surface area contributed by atoms with E-state index < -0.39 is 23.3 Å². The molecule has 0 fully saturated rings. The molecule has 0 aromatic carbocycles. The zero-order valence-electron chi connectivity index (χ0n) is 13.8. The van der Waals surface area contributed by atoms with Gasteiger partial charge in [-0.3, -0.25) is 9.20 Å². The highest BCUT2D eigenvalue weighted by Crippen LogP contribution is 2.36. The molecule has 4 rings (SSSR count). The third-order valence-corrected chi connectivity index (χ3v) is 5.13. The van der Waals surface area contributed by atoms with Crippen molar-refractivity contribution in [1.29, 1.82) is 0 Å². The zero-order valence-corrected chi connectivity index (χ0v) is 15.4. The smallest absolute Gasteiger partial charge is 0.346 e. The quantitative estimate of drug-likeness (QED) is 0.520. The van der Waals surface area contributed by atoms with Gasteiger partial charge in [0.25, 0.3) is 5.91 Å². The van der Waals surface area contributed by atoms with E-state index in [1.54, 1.807) is 0 Å². The summed E-state index contributed by atoms with van der Waals surface area (Å²) in [4.78, 5) is 17.2. The first kappa shape index (κ1) is 18.4. The summed E-state index contributed by atoms with van der Waals surface area (Å²) in [5.74, 6) is -0.668. The lowest BCUT2D eigenvalue weighted by atomic mass is 10.1. The number of alkyl halides is 3. The maximum Gasteiger partial charge on any atom is 0.420 e. The zero-order chi connectivity index (χ0) is 19.9. The molecule has 144 valence electrons. The highest BCUT2D eigenvalue weighted by atomic mass is 35.5. The predicted molar refractivity (Wildman–Crippen MR) is 96.1 cm³/mol. The summed E-state index contributed by atoms with van der Waals surface area (Å²) < 4.78 is 41.8. The number of thiophene rings is 1. The molecule has 4 aromatic heterocycles. The summed E-state index contributed by atoms with van der Waals surface area (Å²) in [7, 11) is 0. The fourth-order valence-corrected chi connectivity index (χ4v) is 3.52. The number of nitrogens with one attached hydrogen (secondary N) is 2. The largest absolute Gasteiger partial charge is 0.420 e. The van der Waals surface area contributed by atoms with Crippen molar-refractivity contribution in [2.45, 2.75) is 12.7 Å². The minimum absolute atomic E-state index is 0.124. The Bertz CT molecular complexity index is 1140. The van der Waals surface area contributed by atoms with Crippen molar-refractivity contribution in [1.82, 2.24) is 30.1 Å². The number of aromatic amines is 1. The van der Waals surface area contributed by atoms with E-state index >= 15 is 0 Å². The highest BCUT2D eigenvalue weighted by Gasteiger charge is 2.36. The molecule has 2 N–H and O–H groups in total. The van der Waals surface area contributed by atoms with Gasteiger partial charge < -0.3 is 5.32 Å². The van der Waals surface area contributed by atoms with Gasteiger partial charge in [0, 0.05) is 16.6 Å². The van der Waals surface area contributed by atoms with Crippen molar-refractivity contribution < 1.29 is 18.0 Å². The number of imidazole rings is 1. The van der Waals surface area contributed by atoms with Crippen molar-refractivity contribution in [3.05, 3.63) is 57.3 Å². The van der Waals surface area contributed by atoms with Gasteiger partial charge in [-0.25, -0.2) is 4.98 Å². The van der Waals surface area contributed by atoms with Gasteiger partial charge in [-0.05, 0) is 17.5 Å². The first-order valence-corrected chi connectivity index (χ1v) is 9.06. The van der Waals surface area contributed by atoms with Gasteiger partial charge >= 0.3 is 6.18 Å². The van der Waals surface area contributed by atoms with Gasteiger partial charge in [-0.2, -0.15) is 28.6 Å². The Morgan fingerprint density at radius 1 is 1.39 bits per heavy atom. The third-order valence-electron chi connectivity index (χ3n) is 3.90. The van der Waals surface area contributed by atoms with E-state index in [0.29, 0.717) is 0 Å². The average molecular weight is 427 g/mol. The van der Waals surface area contributed by atoms with Crippen LogP contribution in [0.25, 0.3) is 16.9 Å². The van der Waals surface area contributed by atoms with Crippen molar-refractivity contribution in [2.75, 3.05) is 0 Å². The number of carbonyl (C=O) groups is 1. The number of nitrogens with zero attached hydrogens (tertiary/aromatic N) is 4. The Morgan fingerprint density at radius 3 is 2.86 bits per heavy atom. The monoisotopic (exact) mass is 426 g/mol. The highest BCUT2D eigenvalue weighted by molar-refractivity contribution is 7.09. The van der Waals surface area contributed by atoms with Gasteiger partial charge in [-0.1, -0.05) is 17.7 Å². The molecule has 4 heterocycles. The number of halogens is 4. The molecule has 0 atom stereocenters. The molecule has 0 saturated carbocycles. The van der Waals surface area contributed by atoms with Crippen LogP contribution >= 0.6 is 22.9 Å². The molecule has 1 amide bonds. The lowest BCUT2D eigenvalue weighted by Gasteiger charge is -2.10. The molecule has 0 unspecified atom stereocenters. The van der Waals surface area contributed by atoms with E-state index in [0.717, 1.165) is 15.3 Å². The minimum atomic E-state index is -4.71. The number of carbonyl (C=O) groups excluding carboxylic acids is 1. The number of pyridine rings is 1.